The van der Waals surface area contributed by atoms with Crippen molar-refractivity contribution in [1.29, 1.82) is 0 Å². The number of rotatable bonds is 6. The third-order valence-corrected chi connectivity index (χ3v) is 5.87. The average molecular weight is 431 g/mol. The first-order chi connectivity index (χ1) is 14.5. The van der Waals surface area contributed by atoms with E-state index in [-0.39, 0.29) is 17.8 Å². The fourth-order valence-corrected chi connectivity index (χ4v) is 4.24. The Morgan fingerprint density at radius 3 is 2.80 bits per heavy atom. The Kier molecular flexibility index (Phi) is 6.10. The maximum Gasteiger partial charge on any atom is 0.289 e. The minimum Gasteiger partial charge on any atom is -0.453 e. The Hall–Kier alpha value is -2.78. The third-order valence-electron chi connectivity index (χ3n) is 5.05. The van der Waals surface area contributed by atoms with E-state index in [2.05, 4.69) is 14.3 Å². The molecule has 0 N–H and O–H groups in total. The second kappa shape index (κ2) is 8.93. The molecule has 1 unspecified atom stereocenters. The summed E-state index contributed by atoms with van der Waals surface area (Å²) in [4.78, 5) is 21.4. The number of ether oxygens (including phenoxy) is 1. The number of carbonyl (C=O) groups is 1. The van der Waals surface area contributed by atoms with Gasteiger partial charge in [-0.15, -0.1) is 0 Å². The van der Waals surface area contributed by atoms with Crippen LogP contribution in [0.4, 0.5) is 9.52 Å². The van der Waals surface area contributed by atoms with Crippen LogP contribution in [0.15, 0.2) is 40.8 Å². The molecule has 1 aliphatic heterocycles. The zero-order valence-corrected chi connectivity index (χ0v) is 17.7. The van der Waals surface area contributed by atoms with E-state index in [1.807, 2.05) is 11.8 Å². The molecule has 1 aliphatic rings. The van der Waals surface area contributed by atoms with Gasteiger partial charge in [0.25, 0.3) is 5.91 Å². The van der Waals surface area contributed by atoms with Gasteiger partial charge in [0.1, 0.15) is 24.0 Å². The van der Waals surface area contributed by atoms with Crippen molar-refractivity contribution in [2.75, 3.05) is 31.6 Å². The van der Waals surface area contributed by atoms with Crippen LogP contribution in [0, 0.1) is 5.82 Å². The SMILES string of the molecule is COCc1ccc(C(=O)N2CCN(c3nc(Cc4ccc(F)cc4)ns3)CC2C)o1. The van der Waals surface area contributed by atoms with Gasteiger partial charge in [0.2, 0.25) is 5.13 Å². The van der Waals surface area contributed by atoms with Gasteiger partial charge in [-0.2, -0.15) is 4.37 Å². The number of amides is 1. The zero-order chi connectivity index (χ0) is 21.1. The van der Waals surface area contributed by atoms with Crippen LogP contribution in [-0.2, 0) is 17.8 Å². The van der Waals surface area contributed by atoms with E-state index in [4.69, 9.17) is 9.15 Å². The summed E-state index contributed by atoms with van der Waals surface area (Å²) in [6.45, 7) is 4.28. The van der Waals surface area contributed by atoms with Crippen LogP contribution in [0.3, 0.4) is 0 Å². The Labute approximate surface area is 178 Å². The first-order valence-corrected chi connectivity index (χ1v) is 10.5. The highest BCUT2D eigenvalue weighted by Gasteiger charge is 2.31. The summed E-state index contributed by atoms with van der Waals surface area (Å²) in [5, 5.41) is 0.839. The molecule has 0 aliphatic carbocycles. The van der Waals surface area contributed by atoms with Crippen LogP contribution < -0.4 is 4.90 Å². The molecule has 3 heterocycles. The lowest BCUT2D eigenvalue weighted by Gasteiger charge is -2.39. The lowest BCUT2D eigenvalue weighted by molar-refractivity contribution is 0.0634. The highest BCUT2D eigenvalue weighted by molar-refractivity contribution is 7.09. The minimum absolute atomic E-state index is 0.00618. The molecular weight excluding hydrogens is 407 g/mol. The van der Waals surface area contributed by atoms with Crippen molar-refractivity contribution in [1.82, 2.24) is 14.3 Å². The molecule has 1 fully saturated rings. The zero-order valence-electron chi connectivity index (χ0n) is 16.9. The summed E-state index contributed by atoms with van der Waals surface area (Å²) in [7, 11) is 1.59. The molecule has 3 aromatic rings. The summed E-state index contributed by atoms with van der Waals surface area (Å²) in [5.41, 5.74) is 0.968. The lowest BCUT2D eigenvalue weighted by Crippen LogP contribution is -2.54. The van der Waals surface area contributed by atoms with Crippen molar-refractivity contribution in [2.45, 2.75) is 26.0 Å². The average Bonchev–Trinajstić information content (AvgIpc) is 3.39. The van der Waals surface area contributed by atoms with Crippen molar-refractivity contribution < 1.29 is 18.3 Å². The Morgan fingerprint density at radius 1 is 1.27 bits per heavy atom. The number of aromatic nitrogens is 2. The topological polar surface area (TPSA) is 71.7 Å². The van der Waals surface area contributed by atoms with E-state index in [1.54, 1.807) is 31.4 Å². The fraction of sp³-hybridized carbons (Fsp3) is 0.381. The number of carbonyl (C=O) groups excluding carboxylic acids is 1. The molecule has 0 bridgehead atoms. The number of methoxy groups -OCH3 is 1. The van der Waals surface area contributed by atoms with Crippen molar-refractivity contribution in [3.8, 4) is 0 Å². The standard InChI is InChI=1S/C21H23FN4O3S/c1-14-12-25(9-10-26(14)20(27)18-8-7-17(29-18)13-28-2)21-23-19(24-30-21)11-15-3-5-16(22)6-4-15/h3-8,14H,9-13H2,1-2H3. The number of halogens is 1. The molecule has 7 nitrogen and oxygen atoms in total. The van der Waals surface area contributed by atoms with E-state index >= 15 is 0 Å². The van der Waals surface area contributed by atoms with Crippen LogP contribution in [0.5, 0.6) is 0 Å². The summed E-state index contributed by atoms with van der Waals surface area (Å²) in [5.74, 6) is 1.32. The number of hydrogen-bond donors (Lipinski definition) is 0. The van der Waals surface area contributed by atoms with Gasteiger partial charge in [0.05, 0.1) is 0 Å². The van der Waals surface area contributed by atoms with E-state index in [0.717, 1.165) is 10.7 Å². The van der Waals surface area contributed by atoms with Gasteiger partial charge < -0.3 is 19.0 Å². The van der Waals surface area contributed by atoms with Crippen LogP contribution in [0.1, 0.15) is 34.6 Å². The normalized spacial score (nSPS) is 16.8. The maximum atomic E-state index is 13.1. The molecule has 0 radical (unpaired) electrons. The van der Waals surface area contributed by atoms with E-state index in [0.29, 0.717) is 50.0 Å². The largest absolute Gasteiger partial charge is 0.453 e. The van der Waals surface area contributed by atoms with Crippen LogP contribution in [-0.4, -0.2) is 53.0 Å². The van der Waals surface area contributed by atoms with Crippen molar-refractivity contribution in [3.63, 3.8) is 0 Å². The number of anilines is 1. The summed E-state index contributed by atoms with van der Waals surface area (Å²) in [6, 6.07) is 9.84. The fourth-order valence-electron chi connectivity index (χ4n) is 3.52. The summed E-state index contributed by atoms with van der Waals surface area (Å²) < 4.78 is 28.1. The van der Waals surface area contributed by atoms with E-state index in [9.17, 15) is 9.18 Å². The first-order valence-electron chi connectivity index (χ1n) is 9.74. The summed E-state index contributed by atoms with van der Waals surface area (Å²) >= 11 is 1.35. The first kappa shape index (κ1) is 20.5. The molecule has 2 aromatic heterocycles. The van der Waals surface area contributed by atoms with Gasteiger partial charge in [0, 0.05) is 50.7 Å². The van der Waals surface area contributed by atoms with Crippen LogP contribution in [0.2, 0.25) is 0 Å². The number of furan rings is 1. The predicted octanol–water partition coefficient (Wildman–Crippen LogP) is 3.36. The third kappa shape index (κ3) is 4.52. The van der Waals surface area contributed by atoms with Gasteiger partial charge >= 0.3 is 0 Å². The summed E-state index contributed by atoms with van der Waals surface area (Å²) in [6.07, 6.45) is 0.563. The molecular formula is C21H23FN4O3S. The predicted molar refractivity (Wildman–Crippen MR) is 111 cm³/mol. The van der Waals surface area contributed by atoms with Crippen molar-refractivity contribution in [2.24, 2.45) is 0 Å². The minimum atomic E-state index is -0.253. The van der Waals surface area contributed by atoms with Crippen molar-refractivity contribution >= 4 is 22.6 Å². The Bertz CT molecular complexity index is 1000. The molecule has 158 valence electrons. The number of piperazine rings is 1. The molecule has 30 heavy (non-hydrogen) atoms. The van der Waals surface area contributed by atoms with Gasteiger partial charge in [-0.1, -0.05) is 12.1 Å². The molecule has 0 saturated carbocycles. The monoisotopic (exact) mass is 430 g/mol. The molecule has 1 saturated heterocycles. The van der Waals surface area contributed by atoms with Gasteiger partial charge in [-0.05, 0) is 36.8 Å². The number of benzene rings is 1. The molecule has 4 rings (SSSR count). The molecule has 0 spiro atoms. The van der Waals surface area contributed by atoms with Crippen LogP contribution in [0.25, 0.3) is 0 Å². The van der Waals surface area contributed by atoms with Gasteiger partial charge in [0.15, 0.2) is 5.76 Å². The maximum absolute atomic E-state index is 13.1. The molecule has 1 atom stereocenters. The molecule has 1 aromatic carbocycles. The van der Waals surface area contributed by atoms with Gasteiger partial charge in [-0.25, -0.2) is 9.37 Å². The molecule has 9 heteroatoms. The number of nitrogens with zero attached hydrogens (tertiary/aromatic N) is 4. The highest BCUT2D eigenvalue weighted by Crippen LogP contribution is 2.24. The Morgan fingerprint density at radius 2 is 2.07 bits per heavy atom. The van der Waals surface area contributed by atoms with E-state index < -0.39 is 0 Å². The van der Waals surface area contributed by atoms with Gasteiger partial charge in [-0.3, -0.25) is 4.79 Å². The Balaban J connectivity index is 1.37. The smallest absolute Gasteiger partial charge is 0.289 e. The highest BCUT2D eigenvalue weighted by atomic mass is 32.1. The van der Waals surface area contributed by atoms with Crippen LogP contribution >= 0.6 is 11.5 Å². The molecule has 1 amide bonds. The quantitative estimate of drug-likeness (QED) is 0.597. The number of hydrogen-bond acceptors (Lipinski definition) is 7. The second-order valence-corrected chi connectivity index (χ2v) is 8.02. The van der Waals surface area contributed by atoms with E-state index in [1.165, 1.54) is 23.7 Å². The van der Waals surface area contributed by atoms with Crippen molar-refractivity contribution in [3.05, 3.63) is 65.1 Å². The lowest BCUT2D eigenvalue weighted by atomic mass is 10.1. The second-order valence-electron chi connectivity index (χ2n) is 7.29.